The van der Waals surface area contributed by atoms with Crippen LogP contribution in [0, 0.1) is 6.92 Å². The summed E-state index contributed by atoms with van der Waals surface area (Å²) >= 11 is 0. The first-order valence-corrected chi connectivity index (χ1v) is 8.90. The molecule has 1 atom stereocenters. The predicted octanol–water partition coefficient (Wildman–Crippen LogP) is 1.94. The number of rotatable bonds is 6. The van der Waals surface area contributed by atoms with E-state index in [2.05, 4.69) is 10.4 Å². The number of methoxy groups -OCH3 is 2. The highest BCUT2D eigenvalue weighted by Crippen LogP contribution is 2.27. The molecule has 0 aliphatic heterocycles. The molecule has 2 aromatic heterocycles. The summed E-state index contributed by atoms with van der Waals surface area (Å²) in [6.45, 7) is 3.86. The number of carbonyl (C=O) groups is 1. The van der Waals surface area contributed by atoms with Gasteiger partial charge in [0, 0.05) is 25.2 Å². The van der Waals surface area contributed by atoms with Gasteiger partial charge in [0.05, 0.1) is 19.9 Å². The number of amides is 1. The zero-order chi connectivity index (χ0) is 20.4. The lowest BCUT2D eigenvalue weighted by Gasteiger charge is -2.16. The minimum absolute atomic E-state index is 0.241. The molecule has 0 radical (unpaired) electrons. The van der Waals surface area contributed by atoms with E-state index in [-0.39, 0.29) is 11.5 Å². The van der Waals surface area contributed by atoms with Crippen molar-refractivity contribution in [1.82, 2.24) is 19.7 Å². The van der Waals surface area contributed by atoms with Crippen LogP contribution in [-0.4, -0.2) is 34.5 Å². The molecule has 0 unspecified atom stereocenters. The van der Waals surface area contributed by atoms with E-state index in [1.165, 1.54) is 4.57 Å². The zero-order valence-electron chi connectivity index (χ0n) is 16.6. The molecule has 148 valence electrons. The van der Waals surface area contributed by atoms with Crippen LogP contribution >= 0.6 is 0 Å². The SMILES string of the molecule is COc1ccc(CNC(=O)[C@H](C)n2ccc3c(C)nn(C)c3c2=O)cc1OC. The highest BCUT2D eigenvalue weighted by molar-refractivity contribution is 5.83. The van der Waals surface area contributed by atoms with Crippen LogP contribution in [0.1, 0.15) is 24.2 Å². The fourth-order valence-corrected chi connectivity index (χ4v) is 3.23. The molecule has 0 bridgehead atoms. The lowest BCUT2D eigenvalue weighted by atomic mass is 10.2. The van der Waals surface area contributed by atoms with Crippen LogP contribution in [0.2, 0.25) is 0 Å². The maximum Gasteiger partial charge on any atom is 0.277 e. The fraction of sp³-hybridized carbons (Fsp3) is 0.350. The van der Waals surface area contributed by atoms with Gasteiger partial charge in [-0.1, -0.05) is 6.07 Å². The van der Waals surface area contributed by atoms with Gasteiger partial charge in [0.1, 0.15) is 11.6 Å². The number of aromatic nitrogens is 3. The average Bonchev–Trinajstić information content (AvgIpc) is 2.99. The van der Waals surface area contributed by atoms with E-state index in [1.54, 1.807) is 51.2 Å². The Morgan fingerprint density at radius 2 is 1.93 bits per heavy atom. The molecule has 1 aromatic carbocycles. The van der Waals surface area contributed by atoms with Crippen LogP contribution < -0.4 is 20.3 Å². The van der Waals surface area contributed by atoms with Crippen molar-refractivity contribution in [3.63, 3.8) is 0 Å². The number of benzene rings is 1. The molecule has 0 aliphatic carbocycles. The van der Waals surface area contributed by atoms with Gasteiger partial charge in [0.2, 0.25) is 5.91 Å². The largest absolute Gasteiger partial charge is 0.493 e. The third-order valence-electron chi connectivity index (χ3n) is 4.82. The Labute approximate surface area is 162 Å². The van der Waals surface area contributed by atoms with Crippen LogP contribution in [0.15, 0.2) is 35.3 Å². The highest BCUT2D eigenvalue weighted by Gasteiger charge is 2.19. The Kier molecular flexibility index (Phi) is 5.39. The second-order valence-corrected chi connectivity index (χ2v) is 6.58. The van der Waals surface area contributed by atoms with Gasteiger partial charge in [0.15, 0.2) is 11.5 Å². The van der Waals surface area contributed by atoms with Crippen molar-refractivity contribution < 1.29 is 14.3 Å². The van der Waals surface area contributed by atoms with Crippen molar-refractivity contribution in [3.8, 4) is 11.5 Å². The first-order valence-electron chi connectivity index (χ1n) is 8.90. The maximum atomic E-state index is 12.8. The second kappa shape index (κ2) is 7.75. The van der Waals surface area contributed by atoms with Crippen LogP contribution in [0.3, 0.4) is 0 Å². The van der Waals surface area contributed by atoms with E-state index in [4.69, 9.17) is 9.47 Å². The number of ether oxygens (including phenoxy) is 2. The number of nitrogens with one attached hydrogen (secondary N) is 1. The van der Waals surface area contributed by atoms with Crippen LogP contribution in [0.5, 0.6) is 11.5 Å². The van der Waals surface area contributed by atoms with Crippen LogP contribution in [-0.2, 0) is 18.4 Å². The van der Waals surface area contributed by atoms with E-state index in [9.17, 15) is 9.59 Å². The highest BCUT2D eigenvalue weighted by atomic mass is 16.5. The van der Waals surface area contributed by atoms with Crippen molar-refractivity contribution in [2.45, 2.75) is 26.4 Å². The van der Waals surface area contributed by atoms with E-state index >= 15 is 0 Å². The summed E-state index contributed by atoms with van der Waals surface area (Å²) in [6, 6.07) is 6.60. The van der Waals surface area contributed by atoms with Gasteiger partial charge in [-0.25, -0.2) is 0 Å². The zero-order valence-corrected chi connectivity index (χ0v) is 16.6. The topological polar surface area (TPSA) is 87.4 Å². The quantitative estimate of drug-likeness (QED) is 0.702. The van der Waals surface area contributed by atoms with Crippen molar-refractivity contribution >= 4 is 16.8 Å². The Balaban J connectivity index is 1.78. The van der Waals surface area contributed by atoms with Gasteiger partial charge in [-0.15, -0.1) is 0 Å². The molecule has 1 amide bonds. The van der Waals surface area contributed by atoms with Crippen LogP contribution in [0.25, 0.3) is 10.9 Å². The summed E-state index contributed by atoms with van der Waals surface area (Å²) in [6.07, 6.45) is 1.64. The Bertz CT molecular complexity index is 1080. The van der Waals surface area contributed by atoms with Crippen molar-refractivity contribution in [3.05, 3.63) is 52.1 Å². The maximum absolute atomic E-state index is 12.8. The summed E-state index contributed by atoms with van der Waals surface area (Å²) in [7, 11) is 4.85. The van der Waals surface area contributed by atoms with E-state index in [0.717, 1.165) is 16.6 Å². The molecule has 3 rings (SSSR count). The normalized spacial score (nSPS) is 12.0. The summed E-state index contributed by atoms with van der Waals surface area (Å²) in [5.74, 6) is 0.961. The smallest absolute Gasteiger partial charge is 0.277 e. The Hall–Kier alpha value is -3.29. The molecular formula is C20H24N4O4. The number of hydrogen-bond acceptors (Lipinski definition) is 5. The van der Waals surface area contributed by atoms with E-state index in [0.29, 0.717) is 23.6 Å². The Morgan fingerprint density at radius 1 is 1.21 bits per heavy atom. The summed E-state index contributed by atoms with van der Waals surface area (Å²) in [5, 5.41) is 7.94. The van der Waals surface area contributed by atoms with Gasteiger partial charge in [0.25, 0.3) is 5.56 Å². The molecule has 0 fully saturated rings. The third-order valence-corrected chi connectivity index (χ3v) is 4.82. The minimum Gasteiger partial charge on any atom is -0.493 e. The number of hydrogen-bond donors (Lipinski definition) is 1. The number of nitrogens with zero attached hydrogens (tertiary/aromatic N) is 3. The summed E-state index contributed by atoms with van der Waals surface area (Å²) in [5.41, 5.74) is 1.89. The number of fused-ring (bicyclic) bond motifs is 1. The molecule has 2 heterocycles. The molecule has 3 aromatic rings. The average molecular weight is 384 g/mol. The molecule has 8 nitrogen and oxygen atoms in total. The van der Waals surface area contributed by atoms with Gasteiger partial charge in [-0.05, 0) is 37.6 Å². The predicted molar refractivity (Wildman–Crippen MR) is 106 cm³/mol. The van der Waals surface area contributed by atoms with Crippen molar-refractivity contribution in [2.24, 2.45) is 7.05 Å². The molecule has 0 saturated carbocycles. The van der Waals surface area contributed by atoms with Gasteiger partial charge >= 0.3 is 0 Å². The lowest BCUT2D eigenvalue weighted by molar-refractivity contribution is -0.124. The molecule has 0 aliphatic rings. The van der Waals surface area contributed by atoms with Gasteiger partial charge in [-0.3, -0.25) is 14.3 Å². The van der Waals surface area contributed by atoms with E-state index < -0.39 is 6.04 Å². The number of aryl methyl sites for hydroxylation is 2. The fourth-order valence-electron chi connectivity index (χ4n) is 3.23. The molecule has 0 saturated heterocycles. The van der Waals surface area contributed by atoms with Gasteiger partial charge in [-0.2, -0.15) is 5.10 Å². The van der Waals surface area contributed by atoms with Gasteiger partial charge < -0.3 is 19.4 Å². The molecule has 1 N–H and O–H groups in total. The number of carbonyl (C=O) groups excluding carboxylic acids is 1. The summed E-state index contributed by atoms with van der Waals surface area (Å²) in [4.78, 5) is 25.5. The summed E-state index contributed by atoms with van der Waals surface area (Å²) < 4.78 is 13.5. The first-order chi connectivity index (χ1) is 13.4. The molecular weight excluding hydrogens is 360 g/mol. The number of pyridine rings is 1. The van der Waals surface area contributed by atoms with Crippen molar-refractivity contribution in [1.29, 1.82) is 0 Å². The van der Waals surface area contributed by atoms with Crippen LogP contribution in [0.4, 0.5) is 0 Å². The molecule has 28 heavy (non-hydrogen) atoms. The van der Waals surface area contributed by atoms with E-state index in [1.807, 2.05) is 19.1 Å². The second-order valence-electron chi connectivity index (χ2n) is 6.58. The molecule has 0 spiro atoms. The lowest BCUT2D eigenvalue weighted by Crippen LogP contribution is -2.35. The third kappa shape index (κ3) is 3.45. The first kappa shape index (κ1) is 19.5. The Morgan fingerprint density at radius 3 is 2.61 bits per heavy atom. The molecule has 8 heteroatoms. The monoisotopic (exact) mass is 384 g/mol. The standard InChI is InChI=1S/C20H24N4O4/c1-12-15-8-9-24(20(26)18(15)23(3)22-12)13(2)19(25)21-11-14-6-7-16(27-4)17(10-14)28-5/h6-10,13H,11H2,1-5H3,(H,21,25)/t13-/m0/s1. The van der Waals surface area contributed by atoms with Crippen molar-refractivity contribution in [2.75, 3.05) is 14.2 Å². The minimum atomic E-state index is -0.660.